The molecule has 0 radical (unpaired) electrons. The lowest BCUT2D eigenvalue weighted by atomic mass is 9.96. The van der Waals surface area contributed by atoms with Crippen LogP contribution in [0.3, 0.4) is 0 Å². The zero-order valence-electron chi connectivity index (χ0n) is 20.9. The maximum Gasteiger partial charge on any atom is 0.330 e. The number of ether oxygens (including phenoxy) is 2. The molecule has 1 aromatic heterocycles. The molecule has 3 rings (SSSR count). The van der Waals surface area contributed by atoms with Crippen molar-refractivity contribution in [3.63, 3.8) is 0 Å². The third-order valence-corrected chi connectivity index (χ3v) is 9.71. The van der Waals surface area contributed by atoms with E-state index in [2.05, 4.69) is 10.4 Å². The van der Waals surface area contributed by atoms with E-state index < -0.39 is 84.7 Å². The van der Waals surface area contributed by atoms with Gasteiger partial charge < -0.3 is 29.5 Å². The monoisotopic (exact) mass is 579 g/mol. The Balaban J connectivity index is 1.76. The van der Waals surface area contributed by atoms with Gasteiger partial charge in [0.15, 0.2) is 6.23 Å². The highest BCUT2D eigenvalue weighted by Crippen LogP contribution is 2.57. The van der Waals surface area contributed by atoms with Gasteiger partial charge in [-0.1, -0.05) is 11.4 Å². The SMILES string of the molecule is CC(C)OC(=O)[C@H](C)N[P@](=O)(OC[C@H]1O[C@@H](n2ccc(=O)[nH]c2=O)[C@](C)(O)[C@@H]1O)SC[C@H]1NC(=O)NC1=O. The van der Waals surface area contributed by atoms with Gasteiger partial charge in [0.1, 0.15) is 29.9 Å². The van der Waals surface area contributed by atoms with E-state index >= 15 is 0 Å². The summed E-state index contributed by atoms with van der Waals surface area (Å²) < 4.78 is 30.9. The van der Waals surface area contributed by atoms with Gasteiger partial charge in [-0.05, 0) is 27.7 Å². The van der Waals surface area contributed by atoms with E-state index in [0.717, 1.165) is 16.8 Å². The number of H-pyrrole nitrogens is 1. The molecule has 0 aliphatic carbocycles. The van der Waals surface area contributed by atoms with E-state index in [4.69, 9.17) is 14.0 Å². The molecule has 7 atom stereocenters. The van der Waals surface area contributed by atoms with Crippen LogP contribution in [0.1, 0.15) is 33.9 Å². The van der Waals surface area contributed by atoms with Gasteiger partial charge >= 0.3 is 24.4 Å². The second-order valence-electron chi connectivity index (χ2n) is 9.16. The number of aromatic nitrogens is 2. The number of aromatic amines is 1. The number of carbonyl (C=O) groups excluding carboxylic acids is 3. The lowest BCUT2D eigenvalue weighted by Crippen LogP contribution is -2.47. The number of aliphatic hydroxyl groups is 2. The van der Waals surface area contributed by atoms with Crippen LogP contribution in [0.2, 0.25) is 0 Å². The second-order valence-corrected chi connectivity index (χ2v) is 13.5. The molecule has 0 aromatic carbocycles. The van der Waals surface area contributed by atoms with Crippen molar-refractivity contribution in [2.24, 2.45) is 0 Å². The molecule has 0 saturated carbocycles. The number of esters is 1. The Morgan fingerprint density at radius 1 is 1.32 bits per heavy atom. The maximum atomic E-state index is 13.7. The number of imide groups is 1. The van der Waals surface area contributed by atoms with Gasteiger partial charge in [0.2, 0.25) is 0 Å². The first kappa shape index (κ1) is 30.0. The van der Waals surface area contributed by atoms with Crippen LogP contribution in [0.15, 0.2) is 21.9 Å². The molecule has 2 fully saturated rings. The second kappa shape index (κ2) is 11.7. The van der Waals surface area contributed by atoms with Crippen LogP contribution in [0, 0.1) is 0 Å². The standard InChI is InChI=1S/C20H30N5O11PS/c1-9(2)35-16(29)10(3)24-37(33,38-8-11-15(28)23-18(30)21-11)34-7-12-14(27)20(4,32)17(36-12)25-6-5-13(26)22-19(25)31/h5-6,9-12,14,17,27,32H,7-8H2,1-4H3,(H,24,33)(H,22,26,31)(H2,21,23,28,30)/t10-,11+,12+,14+,17+,20+,37-/m0/s1. The fraction of sp³-hybridized carbons (Fsp3) is 0.650. The highest BCUT2D eigenvalue weighted by atomic mass is 32.7. The largest absolute Gasteiger partial charge is 0.462 e. The summed E-state index contributed by atoms with van der Waals surface area (Å²) in [5, 5.41) is 28.5. The fourth-order valence-electron chi connectivity index (χ4n) is 3.65. The summed E-state index contributed by atoms with van der Waals surface area (Å²) >= 11 is 0.622. The molecule has 16 nitrogen and oxygen atoms in total. The zero-order chi connectivity index (χ0) is 28.4. The Morgan fingerprint density at radius 2 is 2.00 bits per heavy atom. The first-order chi connectivity index (χ1) is 17.6. The molecule has 38 heavy (non-hydrogen) atoms. The van der Waals surface area contributed by atoms with Crippen molar-refractivity contribution in [2.45, 2.75) is 69.9 Å². The van der Waals surface area contributed by atoms with E-state index in [1.54, 1.807) is 13.8 Å². The Hall–Kier alpha value is -2.53. The van der Waals surface area contributed by atoms with Gasteiger partial charge in [-0.15, -0.1) is 0 Å². The lowest BCUT2D eigenvalue weighted by Gasteiger charge is -2.27. The number of aliphatic hydroxyl groups excluding tert-OH is 1. The molecular weight excluding hydrogens is 549 g/mol. The number of hydrogen-bond acceptors (Lipinski definition) is 12. The number of nitrogens with one attached hydrogen (secondary N) is 4. The van der Waals surface area contributed by atoms with Crippen LogP contribution >= 0.6 is 18.1 Å². The predicted molar refractivity (Wildman–Crippen MR) is 132 cm³/mol. The summed E-state index contributed by atoms with van der Waals surface area (Å²) in [6, 6.07) is -1.82. The quantitative estimate of drug-likeness (QED) is 0.100. The third kappa shape index (κ3) is 6.91. The average Bonchev–Trinajstić information content (AvgIpc) is 3.25. The van der Waals surface area contributed by atoms with Crippen molar-refractivity contribution < 1.29 is 43.2 Å². The molecule has 3 heterocycles. The molecule has 2 aliphatic rings. The molecule has 18 heteroatoms. The van der Waals surface area contributed by atoms with Gasteiger partial charge in [0, 0.05) is 18.0 Å². The molecule has 0 spiro atoms. The lowest BCUT2D eigenvalue weighted by molar-refractivity contribution is -0.149. The molecule has 0 bridgehead atoms. The van der Waals surface area contributed by atoms with Crippen LogP contribution < -0.4 is 27.0 Å². The van der Waals surface area contributed by atoms with E-state index in [1.165, 1.54) is 13.8 Å². The highest BCUT2D eigenvalue weighted by Gasteiger charge is 2.54. The Bertz CT molecular complexity index is 1230. The van der Waals surface area contributed by atoms with Gasteiger partial charge in [-0.25, -0.2) is 14.7 Å². The number of urea groups is 1. The van der Waals surface area contributed by atoms with Gasteiger partial charge in [-0.2, -0.15) is 0 Å². The molecular formula is C20H30N5O11PS. The molecule has 0 unspecified atom stereocenters. The van der Waals surface area contributed by atoms with E-state index in [0.29, 0.717) is 11.4 Å². The Morgan fingerprint density at radius 3 is 2.58 bits per heavy atom. The molecule has 3 amide bonds. The van der Waals surface area contributed by atoms with Crippen molar-refractivity contribution in [1.82, 2.24) is 25.3 Å². The van der Waals surface area contributed by atoms with Crippen molar-refractivity contribution in [2.75, 3.05) is 12.4 Å². The van der Waals surface area contributed by atoms with E-state index in [1.807, 2.05) is 10.3 Å². The van der Waals surface area contributed by atoms with Crippen LogP contribution in [0.4, 0.5) is 4.79 Å². The van der Waals surface area contributed by atoms with Crippen molar-refractivity contribution in [1.29, 1.82) is 0 Å². The van der Waals surface area contributed by atoms with Crippen molar-refractivity contribution in [3.8, 4) is 0 Å². The number of nitrogens with zero attached hydrogens (tertiary/aromatic N) is 1. The van der Waals surface area contributed by atoms with Gasteiger partial charge in [-0.3, -0.25) is 33.8 Å². The summed E-state index contributed by atoms with van der Waals surface area (Å²) in [7, 11) is 0. The summed E-state index contributed by atoms with van der Waals surface area (Å²) in [5.74, 6) is -1.57. The van der Waals surface area contributed by atoms with Crippen LogP contribution in [0.5, 0.6) is 0 Å². The minimum atomic E-state index is -4.05. The number of carbonyl (C=O) groups is 3. The molecule has 1 aromatic rings. The first-order valence-electron chi connectivity index (χ1n) is 11.5. The number of hydrogen-bond donors (Lipinski definition) is 6. The summed E-state index contributed by atoms with van der Waals surface area (Å²) in [6.45, 7) is 1.21. The normalized spacial score (nSPS) is 29.6. The predicted octanol–water partition coefficient (Wildman–Crippen LogP) is -1.46. The van der Waals surface area contributed by atoms with Crippen LogP contribution in [-0.2, 0) is 28.2 Å². The zero-order valence-corrected chi connectivity index (χ0v) is 22.6. The van der Waals surface area contributed by atoms with E-state index in [-0.39, 0.29) is 5.75 Å². The topological polar surface area (TPSA) is 227 Å². The minimum absolute atomic E-state index is 0.199. The van der Waals surface area contributed by atoms with Crippen LogP contribution in [-0.4, -0.2) is 86.0 Å². The van der Waals surface area contributed by atoms with Crippen molar-refractivity contribution in [3.05, 3.63) is 33.1 Å². The Kier molecular flexibility index (Phi) is 9.24. The average molecular weight is 580 g/mol. The minimum Gasteiger partial charge on any atom is -0.462 e. The van der Waals surface area contributed by atoms with E-state index in [9.17, 15) is 38.8 Å². The Labute approximate surface area is 220 Å². The molecule has 2 saturated heterocycles. The highest BCUT2D eigenvalue weighted by molar-refractivity contribution is 8.56. The van der Waals surface area contributed by atoms with Crippen molar-refractivity contribution >= 4 is 36.0 Å². The van der Waals surface area contributed by atoms with Gasteiger partial charge in [0.25, 0.3) is 11.5 Å². The summed E-state index contributed by atoms with van der Waals surface area (Å²) in [4.78, 5) is 61.2. The summed E-state index contributed by atoms with van der Waals surface area (Å²) in [6.07, 6.45) is -3.74. The van der Waals surface area contributed by atoms with Gasteiger partial charge in [0.05, 0.1) is 12.7 Å². The third-order valence-electron chi connectivity index (χ3n) is 5.59. The summed E-state index contributed by atoms with van der Waals surface area (Å²) in [5.41, 5.74) is -3.60. The number of amides is 3. The number of rotatable bonds is 11. The smallest absolute Gasteiger partial charge is 0.330 e. The maximum absolute atomic E-state index is 13.7. The molecule has 212 valence electrons. The van der Waals surface area contributed by atoms with Crippen LogP contribution in [0.25, 0.3) is 0 Å². The first-order valence-corrected chi connectivity index (χ1v) is 14.7. The fourth-order valence-corrected chi connectivity index (χ4v) is 7.51. The molecule has 6 N–H and O–H groups in total. The molecule has 2 aliphatic heterocycles.